The van der Waals surface area contributed by atoms with Crippen LogP contribution in [0.2, 0.25) is 0 Å². The molecule has 0 radical (unpaired) electrons. The molecule has 1 fully saturated rings. The minimum absolute atomic E-state index is 0.134. The summed E-state index contributed by atoms with van der Waals surface area (Å²) in [6.45, 7) is 7.25. The van der Waals surface area contributed by atoms with Crippen molar-refractivity contribution in [3.8, 4) is 5.75 Å². The average molecular weight is 462 g/mol. The van der Waals surface area contributed by atoms with Gasteiger partial charge in [-0.05, 0) is 59.3 Å². The fraction of sp³-hybridized carbons (Fsp3) is 0.435. The summed E-state index contributed by atoms with van der Waals surface area (Å²) in [5.41, 5.74) is 3.79. The molecular weight excluding hydrogens is 430 g/mol. The molecular formula is C23H31N3O3S2. The topological polar surface area (TPSA) is 79.5 Å². The van der Waals surface area contributed by atoms with Crippen LogP contribution >= 0.6 is 12.2 Å². The van der Waals surface area contributed by atoms with Gasteiger partial charge in [-0.15, -0.1) is 0 Å². The molecule has 0 aromatic heterocycles. The van der Waals surface area contributed by atoms with Crippen molar-refractivity contribution in [2.24, 2.45) is 0 Å². The van der Waals surface area contributed by atoms with Gasteiger partial charge in [-0.25, -0.2) is 8.42 Å². The van der Waals surface area contributed by atoms with Crippen molar-refractivity contribution >= 4 is 33.0 Å². The van der Waals surface area contributed by atoms with Crippen LogP contribution < -0.4 is 20.1 Å². The van der Waals surface area contributed by atoms with E-state index in [1.165, 1.54) is 18.2 Å². The first-order valence-corrected chi connectivity index (χ1v) is 12.5. The molecule has 168 valence electrons. The third kappa shape index (κ3) is 6.11. The van der Waals surface area contributed by atoms with Crippen LogP contribution in [0.3, 0.4) is 0 Å². The van der Waals surface area contributed by atoms with E-state index < -0.39 is 10.0 Å². The lowest BCUT2D eigenvalue weighted by Crippen LogP contribution is -2.41. The Balaban J connectivity index is 1.64. The number of thiocarbonyl (C=S) groups is 1. The first kappa shape index (κ1) is 23.3. The van der Waals surface area contributed by atoms with E-state index in [2.05, 4.69) is 60.4 Å². The van der Waals surface area contributed by atoms with E-state index in [0.717, 1.165) is 24.7 Å². The summed E-state index contributed by atoms with van der Waals surface area (Å²) < 4.78 is 31.0. The minimum Gasteiger partial charge on any atom is -0.495 e. The quantitative estimate of drug-likeness (QED) is 0.541. The normalized spacial score (nSPS) is 15.1. The fourth-order valence-corrected chi connectivity index (χ4v) is 4.29. The largest absolute Gasteiger partial charge is 0.495 e. The van der Waals surface area contributed by atoms with Gasteiger partial charge in [-0.2, -0.15) is 0 Å². The highest BCUT2D eigenvalue weighted by Gasteiger charge is 2.45. The van der Waals surface area contributed by atoms with Crippen LogP contribution in [0.25, 0.3) is 0 Å². The highest BCUT2D eigenvalue weighted by molar-refractivity contribution is 7.92. The standard InChI is InChI=1S/C23H31N3O3S2/c1-22(2,3)17-8-6-16(7-9-17)15-24-21(30)25-23(12-13-23)18-10-11-19(20(14-18)29-4)26-31(5,27)28/h6-11,14,26H,12-13,15H2,1-5H3,(H2,24,25,30). The van der Waals surface area contributed by atoms with Crippen molar-refractivity contribution in [1.82, 2.24) is 10.6 Å². The van der Waals surface area contributed by atoms with Crippen molar-refractivity contribution in [1.29, 1.82) is 0 Å². The summed E-state index contributed by atoms with van der Waals surface area (Å²) in [6, 6.07) is 14.1. The molecule has 0 unspecified atom stereocenters. The van der Waals surface area contributed by atoms with Crippen molar-refractivity contribution in [3.05, 3.63) is 59.2 Å². The van der Waals surface area contributed by atoms with Crippen molar-refractivity contribution in [3.63, 3.8) is 0 Å². The molecule has 2 aromatic carbocycles. The molecule has 0 bridgehead atoms. The van der Waals surface area contributed by atoms with E-state index in [1.54, 1.807) is 6.07 Å². The van der Waals surface area contributed by atoms with E-state index >= 15 is 0 Å². The van der Waals surface area contributed by atoms with Crippen LogP contribution in [-0.2, 0) is 27.5 Å². The molecule has 0 aliphatic heterocycles. The Hall–Kier alpha value is -2.32. The zero-order valence-electron chi connectivity index (χ0n) is 18.7. The van der Waals surface area contributed by atoms with E-state index in [-0.39, 0.29) is 11.0 Å². The van der Waals surface area contributed by atoms with Crippen molar-refractivity contribution < 1.29 is 13.2 Å². The molecule has 0 atom stereocenters. The highest BCUT2D eigenvalue weighted by Crippen LogP contribution is 2.47. The number of methoxy groups -OCH3 is 1. The molecule has 0 saturated heterocycles. The smallest absolute Gasteiger partial charge is 0.229 e. The lowest BCUT2D eigenvalue weighted by atomic mass is 9.87. The molecule has 6 nitrogen and oxygen atoms in total. The SMILES string of the molecule is COc1cc(C2(NC(=S)NCc3ccc(C(C)(C)C)cc3)CC2)ccc1NS(C)(=O)=O. The molecule has 1 aliphatic carbocycles. The molecule has 3 N–H and O–H groups in total. The van der Waals surface area contributed by atoms with Crippen LogP contribution in [0.1, 0.15) is 50.3 Å². The zero-order valence-corrected chi connectivity index (χ0v) is 20.3. The van der Waals surface area contributed by atoms with E-state index in [4.69, 9.17) is 17.0 Å². The van der Waals surface area contributed by atoms with E-state index in [9.17, 15) is 8.42 Å². The summed E-state index contributed by atoms with van der Waals surface area (Å²) >= 11 is 5.54. The predicted octanol–water partition coefficient (Wildman–Crippen LogP) is 4.02. The molecule has 31 heavy (non-hydrogen) atoms. The number of ether oxygens (including phenoxy) is 1. The Morgan fingerprint density at radius 3 is 2.29 bits per heavy atom. The number of anilines is 1. The van der Waals surface area contributed by atoms with Crippen LogP contribution in [0.5, 0.6) is 5.75 Å². The molecule has 8 heteroatoms. The maximum atomic E-state index is 11.6. The van der Waals surface area contributed by atoms with Gasteiger partial charge < -0.3 is 15.4 Å². The van der Waals surface area contributed by atoms with Gasteiger partial charge >= 0.3 is 0 Å². The average Bonchev–Trinajstić information content (AvgIpc) is 3.45. The molecule has 0 amide bonds. The minimum atomic E-state index is -3.38. The Labute approximate surface area is 190 Å². The van der Waals surface area contributed by atoms with Crippen LogP contribution in [0.15, 0.2) is 42.5 Å². The maximum absolute atomic E-state index is 11.6. The predicted molar refractivity (Wildman–Crippen MR) is 130 cm³/mol. The Morgan fingerprint density at radius 1 is 1.13 bits per heavy atom. The van der Waals surface area contributed by atoms with Gasteiger partial charge in [0.15, 0.2) is 5.11 Å². The second kappa shape index (κ2) is 8.67. The summed E-state index contributed by atoms with van der Waals surface area (Å²) in [7, 11) is -1.86. The molecule has 2 aromatic rings. The number of nitrogens with one attached hydrogen (secondary N) is 3. The monoisotopic (exact) mass is 461 g/mol. The lowest BCUT2D eigenvalue weighted by molar-refractivity contribution is 0.415. The van der Waals surface area contributed by atoms with Crippen molar-refractivity contribution in [2.75, 3.05) is 18.1 Å². The third-order valence-corrected chi connectivity index (χ3v) is 6.26. The molecule has 0 heterocycles. The summed E-state index contributed by atoms with van der Waals surface area (Å²) in [4.78, 5) is 0. The summed E-state index contributed by atoms with van der Waals surface area (Å²) in [5, 5.41) is 7.32. The van der Waals surface area contributed by atoms with E-state index in [1.807, 2.05) is 12.1 Å². The Morgan fingerprint density at radius 2 is 1.77 bits per heavy atom. The van der Waals surface area contributed by atoms with Gasteiger partial charge in [0, 0.05) is 6.54 Å². The Bertz CT molecular complexity index is 1050. The molecule has 3 rings (SSSR count). The molecule has 0 spiro atoms. The van der Waals surface area contributed by atoms with Crippen LogP contribution in [-0.4, -0.2) is 26.9 Å². The number of hydrogen-bond acceptors (Lipinski definition) is 4. The zero-order chi connectivity index (χ0) is 22.9. The third-order valence-electron chi connectivity index (χ3n) is 5.43. The van der Waals surface area contributed by atoms with Gasteiger partial charge in [0.05, 0.1) is 24.6 Å². The van der Waals surface area contributed by atoms with Crippen LogP contribution in [0.4, 0.5) is 5.69 Å². The van der Waals surface area contributed by atoms with Gasteiger partial charge in [-0.3, -0.25) is 4.72 Å². The maximum Gasteiger partial charge on any atom is 0.229 e. The van der Waals surface area contributed by atoms with E-state index in [0.29, 0.717) is 23.1 Å². The highest BCUT2D eigenvalue weighted by atomic mass is 32.2. The second-order valence-corrected chi connectivity index (χ2v) is 11.3. The molecule has 1 aliphatic rings. The van der Waals surface area contributed by atoms with Gasteiger partial charge in [-0.1, -0.05) is 51.1 Å². The number of sulfonamides is 1. The number of rotatable bonds is 7. The van der Waals surface area contributed by atoms with Gasteiger partial charge in [0.1, 0.15) is 5.75 Å². The second-order valence-electron chi connectivity index (χ2n) is 9.13. The Kier molecular flexibility index (Phi) is 6.53. The van der Waals surface area contributed by atoms with Crippen LogP contribution in [0, 0.1) is 0 Å². The first-order valence-electron chi connectivity index (χ1n) is 10.2. The number of hydrogen-bond donors (Lipinski definition) is 3. The number of benzene rings is 2. The van der Waals surface area contributed by atoms with Crippen molar-refractivity contribution in [2.45, 2.75) is 51.1 Å². The summed E-state index contributed by atoms with van der Waals surface area (Å²) in [6.07, 6.45) is 3.00. The molecule has 1 saturated carbocycles. The first-order chi connectivity index (χ1) is 14.4. The van der Waals surface area contributed by atoms with Gasteiger partial charge in [0.25, 0.3) is 0 Å². The fourth-order valence-electron chi connectivity index (χ4n) is 3.45. The van der Waals surface area contributed by atoms with Gasteiger partial charge in [0.2, 0.25) is 10.0 Å². The lowest BCUT2D eigenvalue weighted by Gasteiger charge is -2.22. The summed E-state index contributed by atoms with van der Waals surface area (Å²) in [5.74, 6) is 0.480.